The highest BCUT2D eigenvalue weighted by Gasteiger charge is 2.64. The summed E-state index contributed by atoms with van der Waals surface area (Å²) in [5.41, 5.74) is 0.726. The molecule has 4 fully saturated rings. The van der Waals surface area contributed by atoms with E-state index in [1.165, 1.54) is 18.6 Å². The Morgan fingerprint density at radius 3 is 2.56 bits per heavy atom. The summed E-state index contributed by atoms with van der Waals surface area (Å²) in [6, 6.07) is 3.84. The SMILES string of the molecule is CC[C@@H]1C2C[C@H](O)CCC2(C)[C@H]2CCC3(C)[C@@H]([C@H](C)CCOC(=O)Nc4ccc(F)cc4Cl)CC[C@H]3C2[C@@H]1O. The lowest BCUT2D eigenvalue weighted by Crippen LogP contribution is -2.62. The van der Waals surface area contributed by atoms with Gasteiger partial charge in [-0.1, -0.05) is 45.7 Å². The average Bonchev–Trinajstić information content (AvgIpc) is 3.24. The lowest BCUT2D eigenvalue weighted by molar-refractivity contribution is -0.203. The number of anilines is 1. The van der Waals surface area contributed by atoms with Crippen molar-refractivity contribution in [1.29, 1.82) is 0 Å². The third-order valence-corrected chi connectivity index (χ3v) is 12.4. The fourth-order valence-corrected chi connectivity index (χ4v) is 10.4. The Labute approximate surface area is 238 Å². The van der Waals surface area contributed by atoms with Crippen molar-refractivity contribution in [1.82, 2.24) is 0 Å². The molecule has 11 atom stereocenters. The first-order valence-corrected chi connectivity index (χ1v) is 15.6. The highest BCUT2D eigenvalue weighted by Crippen LogP contribution is 2.69. The van der Waals surface area contributed by atoms with Crippen LogP contribution in [0.25, 0.3) is 0 Å². The molecule has 0 aliphatic heterocycles. The van der Waals surface area contributed by atoms with E-state index in [4.69, 9.17) is 16.3 Å². The molecule has 4 unspecified atom stereocenters. The van der Waals surface area contributed by atoms with Crippen molar-refractivity contribution < 1.29 is 24.1 Å². The number of carbonyl (C=O) groups excluding carboxylic acids is 1. The van der Waals surface area contributed by atoms with E-state index < -0.39 is 11.9 Å². The molecule has 7 heteroatoms. The summed E-state index contributed by atoms with van der Waals surface area (Å²) >= 11 is 6.02. The normalized spacial score (nSPS) is 42.2. The summed E-state index contributed by atoms with van der Waals surface area (Å²) < 4.78 is 18.8. The second kappa shape index (κ2) is 11.1. The maximum Gasteiger partial charge on any atom is 0.411 e. The Morgan fingerprint density at radius 2 is 1.85 bits per heavy atom. The van der Waals surface area contributed by atoms with Crippen LogP contribution in [-0.4, -0.2) is 35.1 Å². The summed E-state index contributed by atoms with van der Waals surface area (Å²) in [7, 11) is 0. The summed E-state index contributed by atoms with van der Waals surface area (Å²) in [4.78, 5) is 12.3. The molecule has 1 aromatic rings. The number of benzene rings is 1. The van der Waals surface area contributed by atoms with Gasteiger partial charge in [0.05, 0.1) is 29.5 Å². The quantitative estimate of drug-likeness (QED) is 0.331. The highest BCUT2D eigenvalue weighted by molar-refractivity contribution is 6.33. The number of amides is 1. The maximum atomic E-state index is 13.3. The van der Waals surface area contributed by atoms with Crippen molar-refractivity contribution >= 4 is 23.4 Å². The molecule has 1 amide bonds. The van der Waals surface area contributed by atoms with Gasteiger partial charge in [-0.3, -0.25) is 5.32 Å². The van der Waals surface area contributed by atoms with Crippen LogP contribution in [0.15, 0.2) is 18.2 Å². The van der Waals surface area contributed by atoms with E-state index in [1.807, 2.05) is 0 Å². The predicted octanol–water partition coefficient (Wildman–Crippen LogP) is 7.68. The number of rotatable bonds is 6. The molecule has 5 nitrogen and oxygen atoms in total. The monoisotopic (exact) mass is 563 g/mol. The summed E-state index contributed by atoms with van der Waals surface area (Å²) in [5, 5.41) is 25.1. The number of carbonyl (C=O) groups is 1. The Bertz CT molecular complexity index is 1050. The standard InChI is InChI=1S/C32H47ClFNO4/c1-5-21-25-17-20(36)10-13-32(25,4)24-11-14-31(3)22(7-8-23(31)28(24)29(21)37)18(2)12-15-39-30(38)35-27-9-6-19(34)16-26(27)33/h6,9,16,18,20-25,28-29,36-37H,5,7-8,10-15,17H2,1-4H3,(H,35,38)/t18-,20-,21-,22-,23+,24+,25?,28?,29-,31?,32?/m1/s1. The van der Waals surface area contributed by atoms with Gasteiger partial charge in [0.2, 0.25) is 0 Å². The van der Waals surface area contributed by atoms with Crippen LogP contribution in [-0.2, 0) is 4.74 Å². The van der Waals surface area contributed by atoms with Gasteiger partial charge >= 0.3 is 6.09 Å². The van der Waals surface area contributed by atoms with Crippen molar-refractivity contribution in [2.75, 3.05) is 11.9 Å². The number of aliphatic hydroxyl groups excluding tert-OH is 2. The molecule has 0 bridgehead atoms. The van der Waals surface area contributed by atoms with Gasteiger partial charge in [0.25, 0.3) is 0 Å². The molecule has 4 saturated carbocycles. The lowest BCUT2D eigenvalue weighted by atomic mass is 9.41. The molecule has 1 aromatic carbocycles. The predicted molar refractivity (Wildman–Crippen MR) is 152 cm³/mol. The molecular formula is C32H47ClFNO4. The van der Waals surface area contributed by atoms with Crippen molar-refractivity contribution in [3.8, 4) is 0 Å². The highest BCUT2D eigenvalue weighted by atomic mass is 35.5. The van der Waals surface area contributed by atoms with E-state index in [0.717, 1.165) is 57.4 Å². The summed E-state index contributed by atoms with van der Waals surface area (Å²) in [5.74, 6) is 2.55. The van der Waals surface area contributed by atoms with Gasteiger partial charge in [0.1, 0.15) is 5.82 Å². The smallest absolute Gasteiger partial charge is 0.411 e. The number of fused-ring (bicyclic) bond motifs is 5. The first-order chi connectivity index (χ1) is 18.5. The molecule has 0 aromatic heterocycles. The molecule has 5 rings (SSSR count). The van der Waals surface area contributed by atoms with E-state index in [9.17, 15) is 19.4 Å². The number of nitrogens with one attached hydrogen (secondary N) is 1. The topological polar surface area (TPSA) is 78.8 Å². The van der Waals surface area contributed by atoms with Gasteiger partial charge in [-0.15, -0.1) is 0 Å². The minimum atomic E-state index is -0.580. The van der Waals surface area contributed by atoms with Crippen LogP contribution in [0.4, 0.5) is 14.9 Å². The van der Waals surface area contributed by atoms with Crippen LogP contribution >= 0.6 is 11.6 Å². The number of halogens is 2. The molecule has 218 valence electrons. The number of hydrogen-bond donors (Lipinski definition) is 3. The largest absolute Gasteiger partial charge is 0.449 e. The Morgan fingerprint density at radius 1 is 1.13 bits per heavy atom. The van der Waals surface area contributed by atoms with Crippen LogP contribution in [0.5, 0.6) is 0 Å². The molecule has 0 spiro atoms. The van der Waals surface area contributed by atoms with E-state index >= 15 is 0 Å². The van der Waals surface area contributed by atoms with Crippen LogP contribution in [0, 0.1) is 58.1 Å². The minimum absolute atomic E-state index is 0.139. The van der Waals surface area contributed by atoms with Gasteiger partial charge < -0.3 is 14.9 Å². The van der Waals surface area contributed by atoms with Crippen LogP contribution in [0.3, 0.4) is 0 Å². The second-order valence-corrected chi connectivity index (χ2v) is 14.2. The van der Waals surface area contributed by atoms with Gasteiger partial charge in [-0.2, -0.15) is 0 Å². The third kappa shape index (κ3) is 5.12. The number of ether oxygens (including phenoxy) is 1. The van der Waals surface area contributed by atoms with E-state index in [1.54, 1.807) is 0 Å². The fraction of sp³-hybridized carbons (Fsp3) is 0.781. The summed E-state index contributed by atoms with van der Waals surface area (Å²) in [6.07, 6.45) is 8.16. The van der Waals surface area contributed by atoms with Crippen LogP contribution in [0.2, 0.25) is 5.02 Å². The van der Waals surface area contributed by atoms with E-state index in [-0.39, 0.29) is 34.0 Å². The third-order valence-electron chi connectivity index (χ3n) is 12.1. The van der Waals surface area contributed by atoms with E-state index in [2.05, 4.69) is 33.0 Å². The van der Waals surface area contributed by atoms with Gasteiger partial charge in [-0.25, -0.2) is 9.18 Å². The van der Waals surface area contributed by atoms with E-state index in [0.29, 0.717) is 47.8 Å². The van der Waals surface area contributed by atoms with Gasteiger partial charge in [-0.05, 0) is 122 Å². The molecule has 3 N–H and O–H groups in total. The van der Waals surface area contributed by atoms with Crippen molar-refractivity contribution in [3.63, 3.8) is 0 Å². The van der Waals surface area contributed by atoms with Crippen LogP contribution in [0.1, 0.15) is 85.5 Å². The van der Waals surface area contributed by atoms with Crippen molar-refractivity contribution in [2.45, 2.75) is 97.7 Å². The fourth-order valence-electron chi connectivity index (χ4n) is 10.2. The molecule has 0 radical (unpaired) electrons. The molecule has 4 aliphatic carbocycles. The first kappa shape index (κ1) is 29.1. The minimum Gasteiger partial charge on any atom is -0.449 e. The zero-order valence-corrected chi connectivity index (χ0v) is 24.7. The Hall–Kier alpha value is -1.37. The molecule has 0 saturated heterocycles. The van der Waals surface area contributed by atoms with Crippen molar-refractivity contribution in [3.05, 3.63) is 29.0 Å². The second-order valence-electron chi connectivity index (χ2n) is 13.8. The average molecular weight is 564 g/mol. The molecule has 39 heavy (non-hydrogen) atoms. The number of hydrogen-bond acceptors (Lipinski definition) is 4. The first-order valence-electron chi connectivity index (χ1n) is 15.2. The lowest BCUT2D eigenvalue weighted by Gasteiger charge is -2.64. The van der Waals surface area contributed by atoms with Crippen LogP contribution < -0.4 is 5.32 Å². The Balaban J connectivity index is 1.23. The van der Waals surface area contributed by atoms with Crippen molar-refractivity contribution in [2.24, 2.45) is 52.3 Å². The zero-order chi connectivity index (χ0) is 28.1. The van der Waals surface area contributed by atoms with Gasteiger partial charge in [0, 0.05) is 0 Å². The molecule has 0 heterocycles. The van der Waals surface area contributed by atoms with Gasteiger partial charge in [0.15, 0.2) is 0 Å². The zero-order valence-electron chi connectivity index (χ0n) is 24.0. The Kier molecular flexibility index (Phi) is 8.32. The summed E-state index contributed by atoms with van der Waals surface area (Å²) in [6.45, 7) is 9.78. The molecule has 4 aliphatic rings. The maximum absolute atomic E-state index is 13.3. The number of aliphatic hydroxyl groups is 2. The molecular weight excluding hydrogens is 517 g/mol.